The van der Waals surface area contributed by atoms with Gasteiger partial charge in [-0.25, -0.2) is 0 Å². The second kappa shape index (κ2) is 8.30. The van der Waals surface area contributed by atoms with Gasteiger partial charge in [0, 0.05) is 37.1 Å². The van der Waals surface area contributed by atoms with Crippen LogP contribution in [0.1, 0.15) is 5.56 Å². The van der Waals surface area contributed by atoms with Gasteiger partial charge in [0.2, 0.25) is 5.91 Å². The molecular weight excluding hydrogens is 318 g/mol. The molecular formula is C19H21N3O3. The summed E-state index contributed by atoms with van der Waals surface area (Å²) in [6.07, 6.45) is 6.44. The lowest BCUT2D eigenvalue weighted by atomic mass is 10.1. The van der Waals surface area contributed by atoms with E-state index in [-0.39, 0.29) is 5.91 Å². The molecule has 25 heavy (non-hydrogen) atoms. The van der Waals surface area contributed by atoms with Crippen LogP contribution in [0.15, 0.2) is 48.8 Å². The lowest BCUT2D eigenvalue weighted by molar-refractivity contribution is -0.111. The van der Waals surface area contributed by atoms with E-state index in [1.807, 2.05) is 12.1 Å². The van der Waals surface area contributed by atoms with Gasteiger partial charge >= 0.3 is 0 Å². The highest BCUT2D eigenvalue weighted by molar-refractivity contribution is 6.02. The van der Waals surface area contributed by atoms with Crippen molar-refractivity contribution in [1.29, 1.82) is 0 Å². The van der Waals surface area contributed by atoms with Gasteiger partial charge in [0.25, 0.3) is 0 Å². The fourth-order valence-electron chi connectivity index (χ4n) is 2.62. The highest BCUT2D eigenvalue weighted by Crippen LogP contribution is 2.22. The quantitative estimate of drug-likeness (QED) is 0.848. The van der Waals surface area contributed by atoms with Gasteiger partial charge in [-0.3, -0.25) is 9.78 Å². The molecule has 0 radical (unpaired) electrons. The van der Waals surface area contributed by atoms with Crippen LogP contribution in [-0.2, 0) is 9.53 Å². The molecule has 0 aliphatic carbocycles. The summed E-state index contributed by atoms with van der Waals surface area (Å²) >= 11 is 0. The standard InChI is InChI=1S/C19H21N3O3/c1-24-18-8-9-20-14-17(18)21-19(23)7-4-15-2-5-16(6-3-15)22-10-12-25-13-11-22/h2-9,14H,10-13H2,1H3,(H,21,23). The normalized spacial score (nSPS) is 14.5. The molecule has 1 saturated heterocycles. The summed E-state index contributed by atoms with van der Waals surface area (Å²) in [5.41, 5.74) is 2.68. The molecule has 1 aromatic carbocycles. The minimum atomic E-state index is -0.233. The molecule has 1 N–H and O–H groups in total. The van der Waals surface area contributed by atoms with Crippen molar-refractivity contribution in [2.24, 2.45) is 0 Å². The number of hydrogen-bond acceptors (Lipinski definition) is 5. The second-order valence-corrected chi connectivity index (χ2v) is 5.59. The van der Waals surface area contributed by atoms with Crippen molar-refractivity contribution >= 4 is 23.4 Å². The van der Waals surface area contributed by atoms with Gasteiger partial charge in [-0.05, 0) is 23.8 Å². The van der Waals surface area contributed by atoms with E-state index < -0.39 is 0 Å². The van der Waals surface area contributed by atoms with Crippen LogP contribution >= 0.6 is 0 Å². The SMILES string of the molecule is COc1ccncc1NC(=O)C=Cc1ccc(N2CCOCC2)cc1. The average Bonchev–Trinajstić information content (AvgIpc) is 2.68. The van der Waals surface area contributed by atoms with Gasteiger partial charge in [-0.2, -0.15) is 0 Å². The van der Waals surface area contributed by atoms with Crippen LogP contribution < -0.4 is 15.0 Å². The molecule has 0 spiro atoms. The van der Waals surface area contributed by atoms with Crippen LogP contribution in [0.5, 0.6) is 5.75 Å². The highest BCUT2D eigenvalue weighted by Gasteiger charge is 2.10. The topological polar surface area (TPSA) is 63.7 Å². The van der Waals surface area contributed by atoms with Gasteiger partial charge in [-0.1, -0.05) is 12.1 Å². The number of morpholine rings is 1. The van der Waals surface area contributed by atoms with E-state index in [2.05, 4.69) is 27.3 Å². The number of nitrogens with one attached hydrogen (secondary N) is 1. The van der Waals surface area contributed by atoms with Crippen molar-refractivity contribution in [3.8, 4) is 5.75 Å². The number of rotatable bonds is 5. The van der Waals surface area contributed by atoms with Crippen molar-refractivity contribution < 1.29 is 14.3 Å². The van der Waals surface area contributed by atoms with Gasteiger partial charge in [0.05, 0.1) is 26.5 Å². The molecule has 1 aliphatic rings. The predicted molar refractivity (Wildman–Crippen MR) is 97.9 cm³/mol. The molecule has 6 nitrogen and oxygen atoms in total. The molecule has 0 atom stereocenters. The Morgan fingerprint density at radius 2 is 2.00 bits per heavy atom. The Hall–Kier alpha value is -2.86. The second-order valence-electron chi connectivity index (χ2n) is 5.59. The zero-order chi connectivity index (χ0) is 17.5. The van der Waals surface area contributed by atoms with E-state index in [4.69, 9.17) is 9.47 Å². The van der Waals surface area contributed by atoms with Gasteiger partial charge in [0.15, 0.2) is 0 Å². The summed E-state index contributed by atoms with van der Waals surface area (Å²) in [4.78, 5) is 18.3. The molecule has 1 aliphatic heterocycles. The molecule has 0 unspecified atom stereocenters. The van der Waals surface area contributed by atoms with E-state index in [1.165, 1.54) is 11.8 Å². The average molecular weight is 339 g/mol. The molecule has 0 bridgehead atoms. The number of aromatic nitrogens is 1. The lowest BCUT2D eigenvalue weighted by Crippen LogP contribution is -2.36. The maximum absolute atomic E-state index is 12.1. The van der Waals surface area contributed by atoms with E-state index in [9.17, 15) is 4.79 Å². The Kier molecular flexibility index (Phi) is 5.64. The van der Waals surface area contributed by atoms with Crippen LogP contribution in [0, 0.1) is 0 Å². The van der Waals surface area contributed by atoms with Gasteiger partial charge in [-0.15, -0.1) is 0 Å². The Morgan fingerprint density at radius 3 is 2.72 bits per heavy atom. The third kappa shape index (κ3) is 4.58. The largest absolute Gasteiger partial charge is 0.494 e. The Labute approximate surface area is 147 Å². The fraction of sp³-hybridized carbons (Fsp3) is 0.263. The van der Waals surface area contributed by atoms with E-state index >= 15 is 0 Å². The zero-order valence-electron chi connectivity index (χ0n) is 14.1. The van der Waals surface area contributed by atoms with E-state index in [0.717, 1.165) is 31.9 Å². The summed E-state index contributed by atoms with van der Waals surface area (Å²) in [5.74, 6) is 0.343. The number of methoxy groups -OCH3 is 1. The number of carbonyl (C=O) groups excluding carboxylic acids is 1. The van der Waals surface area contributed by atoms with Crippen LogP contribution in [0.25, 0.3) is 6.08 Å². The minimum Gasteiger partial charge on any atom is -0.494 e. The Morgan fingerprint density at radius 1 is 1.24 bits per heavy atom. The summed E-state index contributed by atoms with van der Waals surface area (Å²) in [7, 11) is 1.55. The third-order valence-corrected chi connectivity index (χ3v) is 3.96. The Bertz CT molecular complexity index is 738. The number of carbonyl (C=O) groups is 1. The monoisotopic (exact) mass is 339 g/mol. The molecule has 6 heteroatoms. The number of hydrogen-bond donors (Lipinski definition) is 1. The van der Waals surface area contributed by atoms with Crippen molar-refractivity contribution in [2.75, 3.05) is 43.6 Å². The van der Waals surface area contributed by atoms with Crippen LogP contribution in [-0.4, -0.2) is 44.3 Å². The van der Waals surface area contributed by atoms with Crippen molar-refractivity contribution in [3.63, 3.8) is 0 Å². The van der Waals surface area contributed by atoms with E-state index in [1.54, 1.807) is 31.6 Å². The summed E-state index contributed by atoms with van der Waals surface area (Å²) in [6, 6.07) is 9.82. The minimum absolute atomic E-state index is 0.233. The van der Waals surface area contributed by atoms with Crippen LogP contribution in [0.4, 0.5) is 11.4 Å². The number of nitrogens with zero attached hydrogens (tertiary/aromatic N) is 2. The molecule has 2 aromatic rings. The van der Waals surface area contributed by atoms with Gasteiger partial charge in [0.1, 0.15) is 11.4 Å². The third-order valence-electron chi connectivity index (χ3n) is 3.96. The predicted octanol–water partition coefficient (Wildman–Crippen LogP) is 2.58. The summed E-state index contributed by atoms with van der Waals surface area (Å²) in [5, 5.41) is 2.76. The number of pyridine rings is 1. The maximum Gasteiger partial charge on any atom is 0.248 e. The van der Waals surface area contributed by atoms with Crippen molar-refractivity contribution in [3.05, 3.63) is 54.4 Å². The lowest BCUT2D eigenvalue weighted by Gasteiger charge is -2.28. The first kappa shape index (κ1) is 17.0. The summed E-state index contributed by atoms with van der Waals surface area (Å²) < 4.78 is 10.6. The Balaban J connectivity index is 1.60. The molecule has 1 fully saturated rings. The molecule has 2 heterocycles. The van der Waals surface area contributed by atoms with Crippen molar-refractivity contribution in [1.82, 2.24) is 4.98 Å². The molecule has 0 saturated carbocycles. The molecule has 3 rings (SSSR count). The molecule has 1 amide bonds. The van der Waals surface area contributed by atoms with Gasteiger partial charge < -0.3 is 19.7 Å². The van der Waals surface area contributed by atoms with Crippen LogP contribution in [0.2, 0.25) is 0 Å². The molecule has 130 valence electrons. The highest BCUT2D eigenvalue weighted by atomic mass is 16.5. The van der Waals surface area contributed by atoms with Crippen LogP contribution in [0.3, 0.4) is 0 Å². The number of amides is 1. The first-order chi connectivity index (χ1) is 12.3. The zero-order valence-corrected chi connectivity index (χ0v) is 14.1. The van der Waals surface area contributed by atoms with E-state index in [0.29, 0.717) is 11.4 Å². The maximum atomic E-state index is 12.1. The number of benzene rings is 1. The fourth-order valence-corrected chi connectivity index (χ4v) is 2.62. The van der Waals surface area contributed by atoms with Crippen molar-refractivity contribution in [2.45, 2.75) is 0 Å². The number of ether oxygens (including phenoxy) is 2. The molecule has 1 aromatic heterocycles. The smallest absolute Gasteiger partial charge is 0.248 e. The first-order valence-corrected chi connectivity index (χ1v) is 8.16. The summed E-state index contributed by atoms with van der Waals surface area (Å²) in [6.45, 7) is 3.34. The first-order valence-electron chi connectivity index (χ1n) is 8.16. The number of anilines is 2.